The lowest BCUT2D eigenvalue weighted by atomic mass is 10.1. The molecule has 1 aliphatic rings. The van der Waals surface area contributed by atoms with Crippen LogP contribution in [0.3, 0.4) is 0 Å². The minimum absolute atomic E-state index is 0.0380. The summed E-state index contributed by atoms with van der Waals surface area (Å²) in [4.78, 5) is 37.1. The van der Waals surface area contributed by atoms with Crippen molar-refractivity contribution in [3.8, 4) is 17.2 Å². The molecule has 1 atom stereocenters. The third-order valence-electron chi connectivity index (χ3n) is 3.84. The first-order chi connectivity index (χ1) is 12.7. The summed E-state index contributed by atoms with van der Waals surface area (Å²) in [6, 6.07) is 3.23. The summed E-state index contributed by atoms with van der Waals surface area (Å²) in [5.74, 6) is -0.212. The Balaban J connectivity index is 2.64. The van der Waals surface area contributed by atoms with Gasteiger partial charge in [-0.25, -0.2) is 5.01 Å². The molecule has 27 heavy (non-hydrogen) atoms. The highest BCUT2D eigenvalue weighted by molar-refractivity contribution is 6.05. The van der Waals surface area contributed by atoms with Crippen molar-refractivity contribution in [3.05, 3.63) is 17.7 Å². The minimum Gasteiger partial charge on any atom is -0.493 e. The summed E-state index contributed by atoms with van der Waals surface area (Å²) in [5, 5.41) is 7.68. The Morgan fingerprint density at radius 3 is 1.89 bits per heavy atom. The lowest BCUT2D eigenvalue weighted by molar-refractivity contribution is -0.136. The van der Waals surface area contributed by atoms with Gasteiger partial charge in [0.05, 0.1) is 21.3 Å². The smallest absolute Gasteiger partial charge is 0.241 e. The molecule has 0 aromatic heterocycles. The average molecular weight is 378 g/mol. The molecule has 10 heteroatoms. The molecule has 0 aliphatic carbocycles. The second-order valence-electron chi connectivity index (χ2n) is 5.69. The molecular weight excluding hydrogens is 356 g/mol. The van der Waals surface area contributed by atoms with Crippen LogP contribution in [0, 0.1) is 0 Å². The van der Waals surface area contributed by atoms with Crippen molar-refractivity contribution in [2.75, 3.05) is 21.3 Å². The lowest BCUT2D eigenvalue weighted by Crippen LogP contribution is -2.45. The van der Waals surface area contributed by atoms with E-state index in [4.69, 9.17) is 14.2 Å². The first-order valence-electron chi connectivity index (χ1n) is 8.00. The molecular formula is C17H22N4O6. The van der Waals surface area contributed by atoms with Crippen molar-refractivity contribution in [2.45, 2.75) is 26.9 Å². The first kappa shape index (κ1) is 20.0. The number of nitrogens with zero attached hydrogens (tertiary/aromatic N) is 3. The first-order valence-corrected chi connectivity index (χ1v) is 8.00. The maximum absolute atomic E-state index is 12.3. The Kier molecular flexibility index (Phi) is 5.88. The number of carbonyl (C=O) groups excluding carboxylic acids is 3. The topological polar surface area (TPSA) is 110 Å². The van der Waals surface area contributed by atoms with Gasteiger partial charge in [-0.15, -0.1) is 5.10 Å². The van der Waals surface area contributed by atoms with E-state index in [2.05, 4.69) is 10.4 Å². The number of ether oxygens (including phenoxy) is 3. The number of hydrazone groups is 1. The molecule has 0 saturated heterocycles. The predicted octanol–water partition coefficient (Wildman–Crippen LogP) is 0.829. The SMILES string of the molecule is COc1cc([C@H]2N(C(C)=O)N=C(NC(C)=O)N2C(C)=O)cc(OC)c1OC. The van der Waals surface area contributed by atoms with Crippen molar-refractivity contribution >= 4 is 23.7 Å². The summed E-state index contributed by atoms with van der Waals surface area (Å²) < 4.78 is 16.0. The van der Waals surface area contributed by atoms with Gasteiger partial charge in [-0.2, -0.15) is 0 Å². The quantitative estimate of drug-likeness (QED) is 0.831. The standard InChI is InChI=1S/C17H22N4O6/c1-9(22)18-17-19-21(11(3)24)16(20(17)10(2)23)12-7-13(25-4)15(27-6)14(8-12)26-5/h7-8,16H,1-6H3,(H,18,19,22)/t16-/m1/s1. The largest absolute Gasteiger partial charge is 0.493 e. The van der Waals surface area contributed by atoms with Crippen LogP contribution in [0.25, 0.3) is 0 Å². The Hall–Kier alpha value is -3.30. The summed E-state index contributed by atoms with van der Waals surface area (Å²) >= 11 is 0. The zero-order valence-corrected chi connectivity index (χ0v) is 16.0. The van der Waals surface area contributed by atoms with Gasteiger partial charge in [-0.3, -0.25) is 24.6 Å². The predicted molar refractivity (Wildman–Crippen MR) is 95.1 cm³/mol. The minimum atomic E-state index is -0.921. The Morgan fingerprint density at radius 2 is 1.52 bits per heavy atom. The maximum atomic E-state index is 12.3. The fourth-order valence-corrected chi connectivity index (χ4v) is 2.78. The van der Waals surface area contributed by atoms with Crippen LogP contribution in [0.5, 0.6) is 17.2 Å². The third-order valence-corrected chi connectivity index (χ3v) is 3.84. The number of amides is 3. The number of hydrogen-bond acceptors (Lipinski definition) is 7. The van der Waals surface area contributed by atoms with Gasteiger partial charge >= 0.3 is 0 Å². The Bertz CT molecular complexity index is 782. The van der Waals surface area contributed by atoms with Gasteiger partial charge in [-0.05, 0) is 12.1 Å². The van der Waals surface area contributed by atoms with Crippen LogP contribution < -0.4 is 19.5 Å². The second kappa shape index (κ2) is 7.94. The summed E-state index contributed by atoms with van der Waals surface area (Å²) in [5.41, 5.74) is 0.485. The van der Waals surface area contributed by atoms with Gasteiger partial charge in [0, 0.05) is 26.3 Å². The number of benzene rings is 1. The van der Waals surface area contributed by atoms with E-state index in [0.29, 0.717) is 22.8 Å². The number of rotatable bonds is 4. The number of hydrogen-bond donors (Lipinski definition) is 1. The van der Waals surface area contributed by atoms with Crippen molar-refractivity contribution in [2.24, 2.45) is 5.10 Å². The highest BCUT2D eigenvalue weighted by Crippen LogP contribution is 2.42. The van der Waals surface area contributed by atoms with Gasteiger partial charge in [-0.1, -0.05) is 0 Å². The molecule has 146 valence electrons. The Morgan fingerprint density at radius 1 is 0.963 bits per heavy atom. The lowest BCUT2D eigenvalue weighted by Gasteiger charge is -2.29. The Labute approximate surface area is 156 Å². The molecule has 0 bridgehead atoms. The van der Waals surface area contributed by atoms with Crippen molar-refractivity contribution in [1.82, 2.24) is 15.2 Å². The van der Waals surface area contributed by atoms with E-state index in [9.17, 15) is 14.4 Å². The van der Waals surface area contributed by atoms with E-state index >= 15 is 0 Å². The van der Waals surface area contributed by atoms with E-state index < -0.39 is 23.9 Å². The van der Waals surface area contributed by atoms with Crippen LogP contribution >= 0.6 is 0 Å². The zero-order valence-electron chi connectivity index (χ0n) is 16.0. The van der Waals surface area contributed by atoms with Gasteiger partial charge in [0.25, 0.3) is 0 Å². The third kappa shape index (κ3) is 3.78. The molecule has 10 nitrogen and oxygen atoms in total. The molecule has 1 aromatic rings. The average Bonchev–Trinajstić information content (AvgIpc) is 2.99. The molecule has 1 aliphatic heterocycles. The summed E-state index contributed by atoms with van der Waals surface area (Å²) in [6.45, 7) is 3.90. The van der Waals surface area contributed by atoms with Gasteiger partial charge in [0.1, 0.15) is 0 Å². The number of nitrogens with one attached hydrogen (secondary N) is 1. The van der Waals surface area contributed by atoms with Gasteiger partial charge in [0.15, 0.2) is 17.7 Å². The maximum Gasteiger partial charge on any atom is 0.241 e. The summed E-state index contributed by atoms with van der Waals surface area (Å²) in [6.07, 6.45) is -0.921. The molecule has 1 aromatic carbocycles. The van der Waals surface area contributed by atoms with Gasteiger partial charge in [0.2, 0.25) is 29.4 Å². The van der Waals surface area contributed by atoms with E-state index in [1.165, 1.54) is 47.0 Å². The van der Waals surface area contributed by atoms with Crippen molar-refractivity contribution < 1.29 is 28.6 Å². The fraction of sp³-hybridized carbons (Fsp3) is 0.412. The second-order valence-corrected chi connectivity index (χ2v) is 5.69. The van der Waals surface area contributed by atoms with E-state index in [1.54, 1.807) is 12.1 Å². The number of carbonyl (C=O) groups is 3. The van der Waals surface area contributed by atoms with Crippen molar-refractivity contribution in [3.63, 3.8) is 0 Å². The molecule has 2 rings (SSSR count). The van der Waals surface area contributed by atoms with Crippen LogP contribution in [0.2, 0.25) is 0 Å². The monoisotopic (exact) mass is 378 g/mol. The van der Waals surface area contributed by atoms with Crippen LogP contribution in [0.15, 0.2) is 17.2 Å². The van der Waals surface area contributed by atoms with Crippen molar-refractivity contribution in [1.29, 1.82) is 0 Å². The fourth-order valence-electron chi connectivity index (χ4n) is 2.78. The number of guanidine groups is 1. The highest BCUT2D eigenvalue weighted by Gasteiger charge is 2.41. The van der Waals surface area contributed by atoms with Gasteiger partial charge < -0.3 is 14.2 Å². The van der Waals surface area contributed by atoms with Crippen LogP contribution in [-0.2, 0) is 14.4 Å². The van der Waals surface area contributed by atoms with E-state index in [1.807, 2.05) is 0 Å². The van der Waals surface area contributed by atoms with Crippen LogP contribution in [0.1, 0.15) is 32.5 Å². The molecule has 1 heterocycles. The molecule has 0 unspecified atom stereocenters. The molecule has 3 amide bonds. The summed E-state index contributed by atoms with van der Waals surface area (Å²) in [7, 11) is 4.39. The van der Waals surface area contributed by atoms with E-state index in [0.717, 1.165) is 5.01 Å². The molecule has 0 radical (unpaired) electrons. The molecule has 0 saturated carbocycles. The van der Waals surface area contributed by atoms with E-state index in [-0.39, 0.29) is 5.96 Å². The van der Waals surface area contributed by atoms with Crippen LogP contribution in [-0.4, -0.2) is 54.9 Å². The molecule has 0 spiro atoms. The highest BCUT2D eigenvalue weighted by atomic mass is 16.5. The molecule has 1 N–H and O–H groups in total. The molecule has 0 fully saturated rings. The zero-order chi connectivity index (χ0) is 20.3. The normalized spacial score (nSPS) is 15.9. The number of methoxy groups -OCH3 is 3. The van der Waals surface area contributed by atoms with Crippen LogP contribution in [0.4, 0.5) is 0 Å².